The highest BCUT2D eigenvalue weighted by Crippen LogP contribution is 2.19. The van der Waals surface area contributed by atoms with E-state index in [1.54, 1.807) is 36.1 Å². The Labute approximate surface area is 153 Å². The summed E-state index contributed by atoms with van der Waals surface area (Å²) in [6, 6.07) is 9.08. The summed E-state index contributed by atoms with van der Waals surface area (Å²) in [4.78, 5) is 16.7. The number of carbonyl (C=O) groups is 1. The van der Waals surface area contributed by atoms with E-state index >= 15 is 0 Å². The minimum Gasteiger partial charge on any atom is -0.481 e. The number of benzene rings is 1. The van der Waals surface area contributed by atoms with Gasteiger partial charge in [0.1, 0.15) is 5.75 Å². The number of rotatable bonds is 8. The zero-order valence-electron chi connectivity index (χ0n) is 14.5. The number of nitriles is 1. The Hall–Kier alpha value is -1.81. The van der Waals surface area contributed by atoms with Gasteiger partial charge >= 0.3 is 0 Å². The van der Waals surface area contributed by atoms with Crippen molar-refractivity contribution in [3.05, 3.63) is 29.3 Å². The molecule has 1 aliphatic rings. The van der Waals surface area contributed by atoms with Crippen LogP contribution in [0.15, 0.2) is 24.3 Å². The topological polar surface area (TPSA) is 65.8 Å². The Kier molecular flexibility index (Phi) is 7.99. The van der Waals surface area contributed by atoms with Crippen LogP contribution in [0.4, 0.5) is 0 Å². The lowest BCUT2D eigenvalue weighted by atomic mass is 10.2. The summed E-state index contributed by atoms with van der Waals surface area (Å²) in [5, 5.41) is 9.42. The molecule has 0 aliphatic carbocycles. The average molecular weight is 366 g/mol. The van der Waals surface area contributed by atoms with E-state index in [9.17, 15) is 4.79 Å². The van der Waals surface area contributed by atoms with E-state index in [1.807, 2.05) is 0 Å². The van der Waals surface area contributed by atoms with Crippen molar-refractivity contribution in [1.29, 1.82) is 5.26 Å². The quantitative estimate of drug-likeness (QED) is 0.706. The maximum atomic E-state index is 12.7. The highest BCUT2D eigenvalue weighted by atomic mass is 35.5. The van der Waals surface area contributed by atoms with Gasteiger partial charge in [-0.1, -0.05) is 17.7 Å². The molecule has 0 radical (unpaired) electrons. The van der Waals surface area contributed by atoms with Crippen LogP contribution in [0.1, 0.15) is 13.3 Å². The van der Waals surface area contributed by atoms with Crippen LogP contribution in [-0.4, -0.2) is 67.7 Å². The second-order valence-electron chi connectivity index (χ2n) is 5.90. The molecule has 1 saturated heterocycles. The standard InChI is InChI=1S/C18H24ClN3O3/c1-15(25-17-5-2-4-16(19)14-17)18(23)22(7-3-6-20)9-8-21-10-12-24-13-11-21/h2,4-5,14-15H,3,7-13H2,1H3. The van der Waals surface area contributed by atoms with Gasteiger partial charge in [0.05, 0.1) is 25.7 Å². The molecule has 136 valence electrons. The van der Waals surface area contributed by atoms with Gasteiger partial charge in [0.25, 0.3) is 5.91 Å². The largest absolute Gasteiger partial charge is 0.481 e. The first kappa shape index (κ1) is 19.5. The van der Waals surface area contributed by atoms with Gasteiger partial charge in [-0.2, -0.15) is 5.26 Å². The van der Waals surface area contributed by atoms with Crippen LogP contribution in [0.3, 0.4) is 0 Å². The number of ether oxygens (including phenoxy) is 2. The van der Waals surface area contributed by atoms with Gasteiger partial charge in [-0.05, 0) is 25.1 Å². The molecule has 0 spiro atoms. The third-order valence-electron chi connectivity index (χ3n) is 4.05. The Morgan fingerprint density at radius 1 is 1.44 bits per heavy atom. The molecule has 1 aliphatic heterocycles. The van der Waals surface area contributed by atoms with Gasteiger partial charge in [0.2, 0.25) is 0 Å². The number of nitrogens with zero attached hydrogens (tertiary/aromatic N) is 3. The van der Waals surface area contributed by atoms with E-state index in [0.29, 0.717) is 30.3 Å². The van der Waals surface area contributed by atoms with E-state index in [0.717, 1.165) is 32.8 Å². The molecule has 1 fully saturated rings. The number of hydrogen-bond donors (Lipinski definition) is 0. The molecule has 0 saturated carbocycles. The van der Waals surface area contributed by atoms with Gasteiger partial charge in [0.15, 0.2) is 6.10 Å². The van der Waals surface area contributed by atoms with Gasteiger partial charge < -0.3 is 14.4 Å². The monoisotopic (exact) mass is 365 g/mol. The molecule has 1 unspecified atom stereocenters. The second-order valence-corrected chi connectivity index (χ2v) is 6.34. The summed E-state index contributed by atoms with van der Waals surface area (Å²) in [6.45, 7) is 6.65. The fourth-order valence-corrected chi connectivity index (χ4v) is 2.84. The molecular formula is C18H24ClN3O3. The first-order chi connectivity index (χ1) is 12.1. The van der Waals surface area contributed by atoms with E-state index in [-0.39, 0.29) is 5.91 Å². The van der Waals surface area contributed by atoms with Gasteiger partial charge in [-0.25, -0.2) is 0 Å². The summed E-state index contributed by atoms with van der Waals surface area (Å²) in [5.74, 6) is 0.435. The third kappa shape index (κ3) is 6.54. The van der Waals surface area contributed by atoms with E-state index < -0.39 is 6.10 Å². The molecule has 1 aromatic rings. The molecule has 1 heterocycles. The van der Waals surface area contributed by atoms with Crippen molar-refractivity contribution in [2.45, 2.75) is 19.4 Å². The number of halogens is 1. The Bertz CT molecular complexity index is 599. The molecule has 1 amide bonds. The van der Waals surface area contributed by atoms with Crippen molar-refractivity contribution in [1.82, 2.24) is 9.80 Å². The molecule has 1 aromatic carbocycles. The Balaban J connectivity index is 1.92. The van der Waals surface area contributed by atoms with Crippen LogP contribution in [0.5, 0.6) is 5.75 Å². The van der Waals surface area contributed by atoms with Crippen molar-refractivity contribution < 1.29 is 14.3 Å². The normalized spacial score (nSPS) is 16.0. The molecule has 6 nitrogen and oxygen atoms in total. The third-order valence-corrected chi connectivity index (χ3v) is 4.29. The van der Waals surface area contributed by atoms with Crippen molar-refractivity contribution in [2.75, 3.05) is 45.9 Å². The molecule has 1 atom stereocenters. The van der Waals surface area contributed by atoms with Crippen LogP contribution < -0.4 is 4.74 Å². The van der Waals surface area contributed by atoms with Crippen LogP contribution in [0.25, 0.3) is 0 Å². The first-order valence-electron chi connectivity index (χ1n) is 8.48. The number of amides is 1. The summed E-state index contributed by atoms with van der Waals surface area (Å²) in [6.07, 6.45) is -0.333. The van der Waals surface area contributed by atoms with Crippen LogP contribution in [0.2, 0.25) is 5.02 Å². The lowest BCUT2D eigenvalue weighted by Gasteiger charge is -2.31. The van der Waals surface area contributed by atoms with Crippen molar-refractivity contribution in [2.24, 2.45) is 0 Å². The van der Waals surface area contributed by atoms with Gasteiger partial charge in [-0.3, -0.25) is 9.69 Å². The van der Waals surface area contributed by atoms with Gasteiger partial charge in [-0.15, -0.1) is 0 Å². The zero-order chi connectivity index (χ0) is 18.1. The summed E-state index contributed by atoms with van der Waals surface area (Å²) < 4.78 is 11.1. The fourth-order valence-electron chi connectivity index (χ4n) is 2.66. The van der Waals surface area contributed by atoms with Crippen LogP contribution >= 0.6 is 11.6 Å². The second kappa shape index (κ2) is 10.2. The first-order valence-corrected chi connectivity index (χ1v) is 8.86. The Morgan fingerprint density at radius 3 is 2.88 bits per heavy atom. The predicted octanol–water partition coefficient (Wildman–Crippen LogP) is 2.18. The number of carbonyl (C=O) groups excluding carboxylic acids is 1. The van der Waals surface area contributed by atoms with Crippen LogP contribution in [0, 0.1) is 11.3 Å². The lowest BCUT2D eigenvalue weighted by Crippen LogP contribution is -2.46. The molecular weight excluding hydrogens is 342 g/mol. The fraction of sp³-hybridized carbons (Fsp3) is 0.556. The zero-order valence-corrected chi connectivity index (χ0v) is 15.2. The highest BCUT2D eigenvalue weighted by Gasteiger charge is 2.23. The highest BCUT2D eigenvalue weighted by molar-refractivity contribution is 6.30. The maximum Gasteiger partial charge on any atom is 0.263 e. The smallest absolute Gasteiger partial charge is 0.263 e. The lowest BCUT2D eigenvalue weighted by molar-refractivity contribution is -0.138. The van der Waals surface area contributed by atoms with Crippen molar-refractivity contribution in [3.63, 3.8) is 0 Å². The van der Waals surface area contributed by atoms with Crippen molar-refractivity contribution in [3.8, 4) is 11.8 Å². The molecule has 0 aromatic heterocycles. The maximum absolute atomic E-state index is 12.7. The summed E-state index contributed by atoms with van der Waals surface area (Å²) in [7, 11) is 0. The van der Waals surface area contributed by atoms with E-state index in [4.69, 9.17) is 26.3 Å². The molecule has 0 bridgehead atoms. The molecule has 7 heteroatoms. The average Bonchev–Trinajstić information content (AvgIpc) is 2.62. The van der Waals surface area contributed by atoms with Crippen LogP contribution in [-0.2, 0) is 9.53 Å². The minimum atomic E-state index is -0.637. The number of hydrogen-bond acceptors (Lipinski definition) is 5. The predicted molar refractivity (Wildman–Crippen MR) is 95.6 cm³/mol. The molecule has 0 N–H and O–H groups in total. The van der Waals surface area contributed by atoms with E-state index in [2.05, 4.69) is 11.0 Å². The number of morpholine rings is 1. The van der Waals surface area contributed by atoms with Crippen molar-refractivity contribution >= 4 is 17.5 Å². The van der Waals surface area contributed by atoms with E-state index in [1.165, 1.54) is 0 Å². The minimum absolute atomic E-state index is 0.122. The molecule has 25 heavy (non-hydrogen) atoms. The summed E-state index contributed by atoms with van der Waals surface area (Å²) >= 11 is 5.95. The molecule has 2 rings (SSSR count). The van der Waals surface area contributed by atoms with Gasteiger partial charge in [0, 0.05) is 37.7 Å². The SMILES string of the molecule is CC(Oc1cccc(Cl)c1)C(=O)N(CCC#N)CCN1CCOCC1. The summed E-state index contributed by atoms with van der Waals surface area (Å²) in [5.41, 5.74) is 0. The Morgan fingerprint density at radius 2 is 2.20 bits per heavy atom.